The second kappa shape index (κ2) is 9.20. The third kappa shape index (κ3) is 4.42. The molecule has 2 saturated heterocycles. The maximum absolute atomic E-state index is 13.0. The van der Waals surface area contributed by atoms with Crippen molar-refractivity contribution in [1.82, 2.24) is 9.80 Å². The van der Waals surface area contributed by atoms with Crippen LogP contribution in [0.15, 0.2) is 54.6 Å². The molecule has 2 aromatic carbocycles. The number of rotatable bonds is 6. The van der Waals surface area contributed by atoms with Crippen LogP contribution in [0.3, 0.4) is 0 Å². The van der Waals surface area contributed by atoms with Crippen LogP contribution in [-0.2, 0) is 16.0 Å². The van der Waals surface area contributed by atoms with Gasteiger partial charge in [-0.15, -0.1) is 0 Å². The molecule has 0 aromatic heterocycles. The van der Waals surface area contributed by atoms with Crippen LogP contribution >= 0.6 is 0 Å². The van der Waals surface area contributed by atoms with Gasteiger partial charge in [0.25, 0.3) is 0 Å². The van der Waals surface area contributed by atoms with Gasteiger partial charge in [-0.25, -0.2) is 0 Å². The second-order valence-electron chi connectivity index (χ2n) is 7.96. The van der Waals surface area contributed by atoms with Crippen LogP contribution in [0.2, 0.25) is 0 Å². The zero-order valence-corrected chi connectivity index (χ0v) is 17.5. The highest BCUT2D eigenvalue weighted by Gasteiger charge is 2.37. The number of methoxy groups -OCH3 is 1. The Labute approximate surface area is 178 Å². The van der Waals surface area contributed by atoms with Gasteiger partial charge < -0.3 is 19.4 Å². The van der Waals surface area contributed by atoms with Crippen molar-refractivity contribution in [3.63, 3.8) is 0 Å². The van der Waals surface area contributed by atoms with Crippen molar-refractivity contribution in [1.29, 1.82) is 0 Å². The molecule has 2 heterocycles. The van der Waals surface area contributed by atoms with Gasteiger partial charge >= 0.3 is 0 Å². The SMILES string of the molecule is COc1ccccc1N1CCN(C(=O)C2CC(=O)N(CCc3ccccc3)C2)CC1. The van der Waals surface area contributed by atoms with Gasteiger partial charge in [-0.1, -0.05) is 42.5 Å². The molecule has 2 fully saturated rings. The van der Waals surface area contributed by atoms with E-state index in [1.54, 1.807) is 7.11 Å². The molecule has 2 aliphatic heterocycles. The number of likely N-dealkylation sites (tertiary alicyclic amines) is 1. The Hall–Kier alpha value is -3.02. The summed E-state index contributed by atoms with van der Waals surface area (Å²) in [6.45, 7) is 4.09. The zero-order valence-electron chi connectivity index (χ0n) is 17.5. The number of ether oxygens (including phenoxy) is 1. The average Bonchev–Trinajstić information content (AvgIpc) is 3.18. The molecule has 30 heavy (non-hydrogen) atoms. The molecule has 2 aliphatic rings. The number of piperazine rings is 1. The lowest BCUT2D eigenvalue weighted by Crippen LogP contribution is -2.50. The minimum Gasteiger partial charge on any atom is -0.495 e. The number of para-hydroxylation sites is 2. The standard InChI is InChI=1S/C24H29N3O3/c1-30-22-10-6-5-9-21(22)25-13-15-26(16-14-25)24(29)20-17-23(28)27(18-20)12-11-19-7-3-2-4-8-19/h2-10,20H,11-18H2,1H3. The monoisotopic (exact) mass is 407 g/mol. The number of carbonyl (C=O) groups excluding carboxylic acids is 2. The summed E-state index contributed by atoms with van der Waals surface area (Å²) in [4.78, 5) is 31.5. The third-order valence-electron chi connectivity index (χ3n) is 6.09. The first-order valence-corrected chi connectivity index (χ1v) is 10.6. The lowest BCUT2D eigenvalue weighted by molar-refractivity contribution is -0.136. The molecule has 0 bridgehead atoms. The molecule has 0 radical (unpaired) electrons. The summed E-state index contributed by atoms with van der Waals surface area (Å²) < 4.78 is 5.47. The van der Waals surface area contributed by atoms with Crippen LogP contribution in [0, 0.1) is 5.92 Å². The molecule has 2 amide bonds. The fourth-order valence-electron chi connectivity index (χ4n) is 4.38. The van der Waals surface area contributed by atoms with Crippen molar-refractivity contribution in [3.8, 4) is 5.75 Å². The molecule has 0 aliphatic carbocycles. The van der Waals surface area contributed by atoms with Crippen LogP contribution in [0.5, 0.6) is 5.75 Å². The number of hydrogen-bond donors (Lipinski definition) is 0. The van der Waals surface area contributed by atoms with Gasteiger partial charge in [0, 0.05) is 45.7 Å². The van der Waals surface area contributed by atoms with Gasteiger partial charge in [-0.05, 0) is 24.1 Å². The van der Waals surface area contributed by atoms with E-state index < -0.39 is 0 Å². The first kappa shape index (κ1) is 20.3. The van der Waals surface area contributed by atoms with Gasteiger partial charge in [-0.2, -0.15) is 0 Å². The smallest absolute Gasteiger partial charge is 0.228 e. The van der Waals surface area contributed by atoms with E-state index in [-0.39, 0.29) is 17.7 Å². The normalized spacial score (nSPS) is 19.3. The highest BCUT2D eigenvalue weighted by atomic mass is 16.5. The molecule has 2 aromatic rings. The van der Waals surface area contributed by atoms with Gasteiger partial charge in [0.1, 0.15) is 5.75 Å². The average molecular weight is 408 g/mol. The fraction of sp³-hybridized carbons (Fsp3) is 0.417. The Kier molecular flexibility index (Phi) is 6.21. The Bertz CT molecular complexity index is 878. The van der Waals surface area contributed by atoms with Crippen molar-refractivity contribution >= 4 is 17.5 Å². The molecule has 0 spiro atoms. The number of carbonyl (C=O) groups is 2. The fourth-order valence-corrected chi connectivity index (χ4v) is 4.38. The van der Waals surface area contributed by atoms with Gasteiger partial charge in [0.2, 0.25) is 11.8 Å². The minimum absolute atomic E-state index is 0.0944. The van der Waals surface area contributed by atoms with Crippen molar-refractivity contribution in [2.24, 2.45) is 5.92 Å². The van der Waals surface area contributed by atoms with E-state index in [1.165, 1.54) is 5.56 Å². The minimum atomic E-state index is -0.217. The number of benzene rings is 2. The molecule has 1 unspecified atom stereocenters. The number of nitrogens with zero attached hydrogens (tertiary/aromatic N) is 3. The summed E-state index contributed by atoms with van der Waals surface area (Å²) in [6.07, 6.45) is 1.16. The molecule has 6 heteroatoms. The summed E-state index contributed by atoms with van der Waals surface area (Å²) in [6, 6.07) is 18.1. The predicted molar refractivity (Wildman–Crippen MR) is 117 cm³/mol. The van der Waals surface area contributed by atoms with Crippen molar-refractivity contribution in [2.45, 2.75) is 12.8 Å². The van der Waals surface area contributed by atoms with E-state index in [0.717, 1.165) is 30.9 Å². The zero-order chi connectivity index (χ0) is 20.9. The van der Waals surface area contributed by atoms with E-state index in [4.69, 9.17) is 4.74 Å². The summed E-state index contributed by atoms with van der Waals surface area (Å²) in [5.74, 6) is 0.848. The van der Waals surface area contributed by atoms with Gasteiger partial charge in [-0.3, -0.25) is 9.59 Å². The molecule has 158 valence electrons. The Morgan fingerprint density at radius 1 is 1.00 bits per heavy atom. The van der Waals surface area contributed by atoms with E-state index >= 15 is 0 Å². The highest BCUT2D eigenvalue weighted by Crippen LogP contribution is 2.29. The van der Waals surface area contributed by atoms with Gasteiger partial charge in [0.15, 0.2) is 0 Å². The van der Waals surface area contributed by atoms with Gasteiger partial charge in [0.05, 0.1) is 18.7 Å². The van der Waals surface area contributed by atoms with Crippen LogP contribution in [0.25, 0.3) is 0 Å². The maximum Gasteiger partial charge on any atom is 0.228 e. The van der Waals surface area contributed by atoms with Crippen LogP contribution in [0.4, 0.5) is 5.69 Å². The molecule has 4 rings (SSSR count). The molecule has 0 N–H and O–H groups in total. The highest BCUT2D eigenvalue weighted by molar-refractivity contribution is 5.89. The van der Waals surface area contributed by atoms with Crippen LogP contribution in [-0.4, -0.2) is 68.0 Å². The lowest BCUT2D eigenvalue weighted by Gasteiger charge is -2.37. The van der Waals surface area contributed by atoms with Crippen LogP contribution < -0.4 is 9.64 Å². The summed E-state index contributed by atoms with van der Waals surface area (Å²) >= 11 is 0. The Morgan fingerprint density at radius 3 is 2.43 bits per heavy atom. The Morgan fingerprint density at radius 2 is 1.70 bits per heavy atom. The van der Waals surface area contributed by atoms with Crippen molar-refractivity contribution < 1.29 is 14.3 Å². The quantitative estimate of drug-likeness (QED) is 0.738. The summed E-state index contributed by atoms with van der Waals surface area (Å²) in [7, 11) is 1.68. The molecular weight excluding hydrogens is 378 g/mol. The molecule has 1 atom stereocenters. The third-order valence-corrected chi connectivity index (χ3v) is 6.09. The second-order valence-corrected chi connectivity index (χ2v) is 7.96. The number of amides is 2. The Balaban J connectivity index is 1.29. The first-order chi connectivity index (χ1) is 14.7. The van der Waals surface area contributed by atoms with Crippen molar-refractivity contribution in [2.75, 3.05) is 51.3 Å². The number of anilines is 1. The lowest BCUT2D eigenvalue weighted by atomic mass is 10.1. The summed E-state index contributed by atoms with van der Waals surface area (Å²) in [5.41, 5.74) is 2.28. The van der Waals surface area contributed by atoms with E-state index in [9.17, 15) is 9.59 Å². The molecule has 0 saturated carbocycles. The number of hydrogen-bond acceptors (Lipinski definition) is 4. The van der Waals surface area contributed by atoms with E-state index in [0.29, 0.717) is 32.6 Å². The summed E-state index contributed by atoms with van der Waals surface area (Å²) in [5, 5.41) is 0. The maximum atomic E-state index is 13.0. The van der Waals surface area contributed by atoms with Crippen molar-refractivity contribution in [3.05, 3.63) is 60.2 Å². The first-order valence-electron chi connectivity index (χ1n) is 10.6. The molecular formula is C24H29N3O3. The van der Waals surface area contributed by atoms with E-state index in [2.05, 4.69) is 23.1 Å². The predicted octanol–water partition coefficient (Wildman–Crippen LogP) is 2.44. The van der Waals surface area contributed by atoms with E-state index in [1.807, 2.05) is 46.2 Å². The van der Waals surface area contributed by atoms with Crippen LogP contribution in [0.1, 0.15) is 12.0 Å². The topological polar surface area (TPSA) is 53.1 Å². The largest absolute Gasteiger partial charge is 0.495 e. The molecule has 6 nitrogen and oxygen atoms in total.